The lowest BCUT2D eigenvalue weighted by Crippen LogP contribution is -2.37. The normalized spacial score (nSPS) is 11.4. The molecule has 0 atom stereocenters. The number of hydrazone groups is 1. The number of carbonyl (C=O) groups is 2. The van der Waals surface area contributed by atoms with Gasteiger partial charge in [0, 0.05) is 0 Å². The Morgan fingerprint density at radius 1 is 1.12 bits per heavy atom. The Hall–Kier alpha value is -2.89. The number of amides is 2. The van der Waals surface area contributed by atoms with Gasteiger partial charge < -0.3 is 9.73 Å². The summed E-state index contributed by atoms with van der Waals surface area (Å²) in [4.78, 5) is 23.4. The molecule has 0 radical (unpaired) electrons. The van der Waals surface area contributed by atoms with Crippen LogP contribution in [0, 0.1) is 0 Å². The lowest BCUT2D eigenvalue weighted by atomic mass is 10.0. The second-order valence-electron chi connectivity index (χ2n) is 5.68. The molecule has 24 heavy (non-hydrogen) atoms. The third-order valence-electron chi connectivity index (χ3n) is 3.53. The Labute approximate surface area is 140 Å². The molecule has 2 rings (SSSR count). The number of nitrogens with one attached hydrogen (secondary N) is 2. The number of rotatable bonds is 5. The Bertz CT molecular complexity index is 716. The van der Waals surface area contributed by atoms with Gasteiger partial charge in [-0.2, -0.15) is 5.10 Å². The minimum atomic E-state index is -0.820. The van der Waals surface area contributed by atoms with E-state index in [1.165, 1.54) is 11.8 Å². The molecular formula is C18H21N3O3. The second-order valence-corrected chi connectivity index (χ2v) is 5.68. The van der Waals surface area contributed by atoms with Gasteiger partial charge in [0.1, 0.15) is 5.76 Å². The van der Waals surface area contributed by atoms with Crippen molar-refractivity contribution in [2.45, 2.75) is 33.2 Å². The first-order valence-corrected chi connectivity index (χ1v) is 7.72. The first-order chi connectivity index (χ1) is 11.5. The first-order valence-electron chi connectivity index (χ1n) is 7.72. The van der Waals surface area contributed by atoms with Crippen molar-refractivity contribution in [3.8, 4) is 0 Å². The fourth-order valence-corrected chi connectivity index (χ4v) is 2.02. The van der Waals surface area contributed by atoms with E-state index >= 15 is 0 Å². The van der Waals surface area contributed by atoms with Crippen LogP contribution in [-0.4, -0.2) is 17.5 Å². The SMILES string of the molecule is C/C(=N/NC(=O)C(=O)NCc1ccco1)c1ccc(C(C)C)cc1. The number of nitrogens with zero attached hydrogens (tertiary/aromatic N) is 1. The molecule has 6 nitrogen and oxygen atoms in total. The Morgan fingerprint density at radius 3 is 2.42 bits per heavy atom. The Morgan fingerprint density at radius 2 is 1.83 bits per heavy atom. The van der Waals surface area contributed by atoms with Crippen molar-refractivity contribution in [2.24, 2.45) is 5.10 Å². The van der Waals surface area contributed by atoms with Crippen molar-refractivity contribution >= 4 is 17.5 Å². The summed E-state index contributed by atoms with van der Waals surface area (Å²) in [5.74, 6) is -0.562. The van der Waals surface area contributed by atoms with Gasteiger partial charge in [-0.3, -0.25) is 9.59 Å². The van der Waals surface area contributed by atoms with Crippen LogP contribution in [0.4, 0.5) is 0 Å². The average molecular weight is 327 g/mol. The van der Waals surface area contributed by atoms with Crippen molar-refractivity contribution in [2.75, 3.05) is 0 Å². The minimum absolute atomic E-state index is 0.151. The van der Waals surface area contributed by atoms with E-state index in [1.807, 2.05) is 24.3 Å². The van der Waals surface area contributed by atoms with Gasteiger partial charge in [-0.1, -0.05) is 38.1 Å². The van der Waals surface area contributed by atoms with Crippen LogP contribution in [0.3, 0.4) is 0 Å². The smallest absolute Gasteiger partial charge is 0.329 e. The van der Waals surface area contributed by atoms with Crippen LogP contribution >= 0.6 is 0 Å². The molecule has 0 aliphatic carbocycles. The summed E-state index contributed by atoms with van der Waals surface area (Å²) in [7, 11) is 0. The zero-order valence-corrected chi connectivity index (χ0v) is 14.0. The van der Waals surface area contributed by atoms with E-state index < -0.39 is 11.8 Å². The molecule has 2 N–H and O–H groups in total. The lowest BCUT2D eigenvalue weighted by molar-refractivity contribution is -0.139. The molecule has 0 bridgehead atoms. The summed E-state index contributed by atoms with van der Waals surface area (Å²) in [6, 6.07) is 11.4. The summed E-state index contributed by atoms with van der Waals surface area (Å²) >= 11 is 0. The van der Waals surface area contributed by atoms with Gasteiger partial charge >= 0.3 is 11.8 Å². The van der Waals surface area contributed by atoms with Gasteiger partial charge in [-0.05, 0) is 36.1 Å². The zero-order valence-electron chi connectivity index (χ0n) is 14.0. The fourth-order valence-electron chi connectivity index (χ4n) is 2.02. The van der Waals surface area contributed by atoms with E-state index in [9.17, 15) is 9.59 Å². The summed E-state index contributed by atoms with van der Waals surface area (Å²) in [6.07, 6.45) is 1.50. The maximum Gasteiger partial charge on any atom is 0.329 e. The highest BCUT2D eigenvalue weighted by Crippen LogP contribution is 2.14. The molecule has 0 unspecified atom stereocenters. The molecular weight excluding hydrogens is 306 g/mol. The molecule has 0 saturated heterocycles. The second kappa shape index (κ2) is 8.10. The maximum atomic E-state index is 11.7. The topological polar surface area (TPSA) is 83.7 Å². The third-order valence-corrected chi connectivity index (χ3v) is 3.53. The summed E-state index contributed by atoms with van der Waals surface area (Å²) in [5.41, 5.74) is 4.99. The van der Waals surface area contributed by atoms with E-state index in [-0.39, 0.29) is 6.54 Å². The van der Waals surface area contributed by atoms with Crippen LogP contribution < -0.4 is 10.7 Å². The predicted octanol–water partition coefficient (Wildman–Crippen LogP) is 2.56. The number of benzene rings is 1. The van der Waals surface area contributed by atoms with Gasteiger partial charge in [0.25, 0.3) is 0 Å². The van der Waals surface area contributed by atoms with Gasteiger partial charge in [-0.25, -0.2) is 5.43 Å². The van der Waals surface area contributed by atoms with E-state index in [0.717, 1.165) is 5.56 Å². The molecule has 126 valence electrons. The van der Waals surface area contributed by atoms with Crippen LogP contribution in [0.25, 0.3) is 0 Å². The summed E-state index contributed by atoms with van der Waals surface area (Å²) in [5, 5.41) is 6.42. The van der Waals surface area contributed by atoms with Gasteiger partial charge in [0.05, 0.1) is 18.5 Å². The van der Waals surface area contributed by atoms with Crippen molar-refractivity contribution in [1.29, 1.82) is 0 Å². The molecule has 0 saturated carbocycles. The molecule has 0 aliphatic rings. The number of furan rings is 1. The van der Waals surface area contributed by atoms with Gasteiger partial charge in [-0.15, -0.1) is 0 Å². The molecule has 2 aromatic rings. The molecule has 0 spiro atoms. The molecule has 0 fully saturated rings. The van der Waals surface area contributed by atoms with E-state index in [0.29, 0.717) is 17.4 Å². The summed E-state index contributed by atoms with van der Waals surface area (Å²) < 4.78 is 5.07. The van der Waals surface area contributed by atoms with Crippen LogP contribution in [0.2, 0.25) is 0 Å². The highest BCUT2D eigenvalue weighted by Gasteiger charge is 2.13. The molecule has 1 heterocycles. The van der Waals surface area contributed by atoms with E-state index in [2.05, 4.69) is 29.7 Å². The van der Waals surface area contributed by atoms with Crippen molar-refractivity contribution < 1.29 is 14.0 Å². The highest BCUT2D eigenvalue weighted by molar-refractivity contribution is 6.35. The summed E-state index contributed by atoms with van der Waals surface area (Å²) in [6.45, 7) is 6.17. The number of hydrogen-bond donors (Lipinski definition) is 2. The van der Waals surface area contributed by atoms with Gasteiger partial charge in [0.15, 0.2) is 0 Å². The quantitative estimate of drug-likeness (QED) is 0.503. The largest absolute Gasteiger partial charge is 0.467 e. The fraction of sp³-hybridized carbons (Fsp3) is 0.278. The Kier molecular flexibility index (Phi) is 5.89. The molecule has 1 aromatic carbocycles. The van der Waals surface area contributed by atoms with Crippen molar-refractivity contribution in [3.63, 3.8) is 0 Å². The van der Waals surface area contributed by atoms with E-state index in [4.69, 9.17) is 4.42 Å². The highest BCUT2D eigenvalue weighted by atomic mass is 16.3. The molecule has 6 heteroatoms. The standard InChI is InChI=1S/C18H21N3O3/c1-12(2)14-6-8-15(9-7-14)13(3)20-21-18(23)17(22)19-11-16-5-4-10-24-16/h4-10,12H,11H2,1-3H3,(H,19,22)(H,21,23)/b20-13-. The Balaban J connectivity index is 1.88. The van der Waals surface area contributed by atoms with Crippen molar-refractivity contribution in [3.05, 3.63) is 59.5 Å². The molecule has 0 aliphatic heterocycles. The number of hydrogen-bond acceptors (Lipinski definition) is 4. The first kappa shape index (κ1) is 17.5. The van der Waals surface area contributed by atoms with Crippen LogP contribution in [0.1, 0.15) is 43.6 Å². The molecule has 2 amide bonds. The van der Waals surface area contributed by atoms with Crippen LogP contribution in [0.5, 0.6) is 0 Å². The maximum absolute atomic E-state index is 11.7. The number of carbonyl (C=O) groups excluding carboxylic acids is 2. The molecule has 1 aromatic heterocycles. The van der Waals surface area contributed by atoms with E-state index in [1.54, 1.807) is 19.1 Å². The monoisotopic (exact) mass is 327 g/mol. The zero-order chi connectivity index (χ0) is 17.5. The van der Waals surface area contributed by atoms with Crippen molar-refractivity contribution in [1.82, 2.24) is 10.7 Å². The predicted molar refractivity (Wildman–Crippen MR) is 91.4 cm³/mol. The van der Waals surface area contributed by atoms with Crippen LogP contribution in [-0.2, 0) is 16.1 Å². The lowest BCUT2D eigenvalue weighted by Gasteiger charge is -2.07. The average Bonchev–Trinajstić information content (AvgIpc) is 3.10. The third kappa shape index (κ3) is 4.81. The van der Waals surface area contributed by atoms with Crippen LogP contribution in [0.15, 0.2) is 52.2 Å². The van der Waals surface area contributed by atoms with Gasteiger partial charge in [0.2, 0.25) is 0 Å². The minimum Gasteiger partial charge on any atom is -0.467 e.